The fraction of sp³-hybridized carbons (Fsp3) is 0.360. The fourth-order valence-electron chi connectivity index (χ4n) is 4.67. The second-order valence-electron chi connectivity index (χ2n) is 8.33. The van der Waals surface area contributed by atoms with E-state index in [1.165, 1.54) is 21.9 Å². The number of hydrogen-bond acceptors (Lipinski definition) is 5. The predicted octanol–water partition coefficient (Wildman–Crippen LogP) is 3.02. The Kier molecular flexibility index (Phi) is 5.68. The topological polar surface area (TPSA) is 68.6 Å². The van der Waals surface area contributed by atoms with E-state index in [4.69, 9.17) is 9.47 Å². The molecule has 1 fully saturated rings. The highest BCUT2D eigenvalue weighted by atomic mass is 16.5. The summed E-state index contributed by atoms with van der Waals surface area (Å²) in [4.78, 5) is 18.8. The van der Waals surface area contributed by atoms with Crippen molar-refractivity contribution in [1.29, 1.82) is 0 Å². The molecule has 0 atom stereocenters. The number of carbonyl (C=O) groups is 1. The molecule has 5 rings (SSSR count). The van der Waals surface area contributed by atoms with Crippen LogP contribution in [0.15, 0.2) is 42.7 Å². The minimum absolute atomic E-state index is 0.00522. The average Bonchev–Trinajstić information content (AvgIpc) is 3.10. The second-order valence-corrected chi connectivity index (χ2v) is 8.33. The van der Waals surface area contributed by atoms with Gasteiger partial charge in [0.1, 0.15) is 5.75 Å². The Morgan fingerprint density at radius 2 is 2.00 bits per heavy atom. The Balaban J connectivity index is 1.32. The molecule has 166 valence electrons. The van der Waals surface area contributed by atoms with Crippen molar-refractivity contribution >= 4 is 38.5 Å². The summed E-state index contributed by atoms with van der Waals surface area (Å²) in [6.45, 7) is 6.97. The van der Waals surface area contributed by atoms with E-state index in [2.05, 4.69) is 51.9 Å². The smallest absolute Gasteiger partial charge is 0.257 e. The number of nitrogens with zero attached hydrogens (tertiary/aromatic N) is 3. The van der Waals surface area contributed by atoms with Crippen molar-refractivity contribution in [3.63, 3.8) is 0 Å². The van der Waals surface area contributed by atoms with E-state index in [9.17, 15) is 4.79 Å². The molecular weight excluding hydrogens is 404 g/mol. The van der Waals surface area contributed by atoms with Gasteiger partial charge in [-0.3, -0.25) is 14.7 Å². The molecule has 0 bridgehead atoms. The molecule has 4 aromatic rings. The fourth-order valence-corrected chi connectivity index (χ4v) is 4.67. The van der Waals surface area contributed by atoms with Crippen LogP contribution < -0.4 is 10.1 Å². The molecule has 0 spiro atoms. The van der Waals surface area contributed by atoms with E-state index in [1.807, 2.05) is 24.5 Å². The maximum Gasteiger partial charge on any atom is 0.257 e. The van der Waals surface area contributed by atoms with Gasteiger partial charge >= 0.3 is 0 Å². The quantitative estimate of drug-likeness (QED) is 0.507. The van der Waals surface area contributed by atoms with Gasteiger partial charge in [-0.2, -0.15) is 0 Å². The van der Waals surface area contributed by atoms with Gasteiger partial charge in [-0.1, -0.05) is 0 Å². The number of morpholine rings is 1. The number of carbonyl (C=O) groups excluding carboxylic acids is 1. The van der Waals surface area contributed by atoms with Crippen LogP contribution >= 0.6 is 0 Å². The Morgan fingerprint density at radius 1 is 1.16 bits per heavy atom. The number of benzene rings is 2. The molecule has 0 unspecified atom stereocenters. The van der Waals surface area contributed by atoms with Crippen LogP contribution in [0.4, 0.5) is 0 Å². The van der Waals surface area contributed by atoms with Crippen LogP contribution in [0.2, 0.25) is 0 Å². The van der Waals surface area contributed by atoms with Crippen LogP contribution in [0, 0.1) is 6.92 Å². The first-order valence-corrected chi connectivity index (χ1v) is 11.1. The van der Waals surface area contributed by atoms with Crippen molar-refractivity contribution in [2.24, 2.45) is 7.05 Å². The lowest BCUT2D eigenvalue weighted by Crippen LogP contribution is -2.42. The zero-order chi connectivity index (χ0) is 22.1. The Hall–Kier alpha value is -3.16. The van der Waals surface area contributed by atoms with Gasteiger partial charge in [0.25, 0.3) is 5.91 Å². The van der Waals surface area contributed by atoms with E-state index in [0.717, 1.165) is 49.1 Å². The van der Waals surface area contributed by atoms with E-state index >= 15 is 0 Å². The lowest BCUT2D eigenvalue weighted by Gasteiger charge is -2.26. The molecule has 0 radical (unpaired) electrons. The molecule has 1 aliphatic rings. The van der Waals surface area contributed by atoms with Crippen LogP contribution in [0.5, 0.6) is 5.75 Å². The first-order valence-electron chi connectivity index (χ1n) is 11.1. The first-order chi connectivity index (χ1) is 15.6. The highest BCUT2D eigenvalue weighted by molar-refractivity contribution is 6.14. The summed E-state index contributed by atoms with van der Waals surface area (Å²) < 4.78 is 13.4. The second kappa shape index (κ2) is 8.76. The number of amides is 1. The molecule has 1 amide bonds. The normalized spacial score (nSPS) is 14.9. The zero-order valence-electron chi connectivity index (χ0n) is 18.6. The number of aryl methyl sites for hydroxylation is 2. The van der Waals surface area contributed by atoms with Gasteiger partial charge in [0, 0.05) is 67.3 Å². The van der Waals surface area contributed by atoms with E-state index in [1.54, 1.807) is 0 Å². The molecule has 2 aromatic carbocycles. The lowest BCUT2D eigenvalue weighted by molar-refractivity contribution is -0.123. The molecule has 1 N–H and O–H groups in total. The molecule has 2 aromatic heterocycles. The van der Waals surface area contributed by atoms with E-state index in [0.29, 0.717) is 12.3 Å². The molecule has 7 nitrogen and oxygen atoms in total. The van der Waals surface area contributed by atoms with Gasteiger partial charge in [0.15, 0.2) is 6.61 Å². The number of aromatic nitrogens is 2. The molecule has 1 aliphatic heterocycles. The van der Waals surface area contributed by atoms with Crippen molar-refractivity contribution in [2.75, 3.05) is 46.0 Å². The van der Waals surface area contributed by atoms with Gasteiger partial charge in [0.2, 0.25) is 0 Å². The third-order valence-corrected chi connectivity index (χ3v) is 6.34. The zero-order valence-corrected chi connectivity index (χ0v) is 18.6. The van der Waals surface area contributed by atoms with Crippen LogP contribution in [0.3, 0.4) is 0 Å². The first kappa shape index (κ1) is 20.7. The van der Waals surface area contributed by atoms with Gasteiger partial charge in [-0.15, -0.1) is 0 Å². The largest absolute Gasteiger partial charge is 0.484 e. The molecule has 0 aliphatic carbocycles. The maximum atomic E-state index is 12.2. The van der Waals surface area contributed by atoms with Crippen molar-refractivity contribution in [2.45, 2.75) is 6.92 Å². The SMILES string of the molecule is Cc1c2ccncc2cc2c3cc(OCC(=O)NCCN4CCOCC4)ccc3n(C)c12. The molecule has 1 saturated heterocycles. The Morgan fingerprint density at radius 3 is 2.84 bits per heavy atom. The van der Waals surface area contributed by atoms with Gasteiger partial charge < -0.3 is 19.4 Å². The molecule has 3 heterocycles. The number of nitrogens with one attached hydrogen (secondary N) is 1. The summed E-state index contributed by atoms with van der Waals surface area (Å²) >= 11 is 0. The summed E-state index contributed by atoms with van der Waals surface area (Å²) in [6.07, 6.45) is 3.74. The minimum atomic E-state index is -0.107. The van der Waals surface area contributed by atoms with Crippen molar-refractivity contribution in [3.05, 3.63) is 48.3 Å². The van der Waals surface area contributed by atoms with Crippen LogP contribution in [-0.4, -0.2) is 66.4 Å². The highest BCUT2D eigenvalue weighted by Gasteiger charge is 2.15. The Labute approximate surface area is 186 Å². The summed E-state index contributed by atoms with van der Waals surface area (Å²) in [7, 11) is 2.09. The third-order valence-electron chi connectivity index (χ3n) is 6.34. The Bertz CT molecular complexity index is 1290. The molecular formula is C25H28N4O3. The number of ether oxygens (including phenoxy) is 2. The summed E-state index contributed by atoms with van der Waals surface area (Å²) in [5.41, 5.74) is 3.58. The number of fused-ring (bicyclic) bond motifs is 4. The standard InChI is InChI=1S/C25H28N4O3/c1-17-20-5-6-26-15-18(20)13-22-21-14-19(3-4-23(21)28(2)25(17)22)32-16-24(30)27-7-8-29-9-11-31-12-10-29/h3-6,13-15H,7-12,16H2,1-2H3,(H,27,30). The van der Waals surface area contributed by atoms with E-state index in [-0.39, 0.29) is 12.5 Å². The number of hydrogen-bond donors (Lipinski definition) is 1. The molecule has 7 heteroatoms. The average molecular weight is 433 g/mol. The molecule has 0 saturated carbocycles. The van der Waals surface area contributed by atoms with Crippen molar-refractivity contribution in [1.82, 2.24) is 19.8 Å². The monoisotopic (exact) mass is 432 g/mol. The summed E-state index contributed by atoms with van der Waals surface area (Å²) in [6, 6.07) is 10.3. The van der Waals surface area contributed by atoms with Gasteiger partial charge in [0.05, 0.1) is 18.7 Å². The summed E-state index contributed by atoms with van der Waals surface area (Å²) in [5.74, 6) is 0.585. The van der Waals surface area contributed by atoms with E-state index < -0.39 is 0 Å². The van der Waals surface area contributed by atoms with Gasteiger partial charge in [-0.25, -0.2) is 0 Å². The van der Waals surface area contributed by atoms with Crippen molar-refractivity contribution < 1.29 is 14.3 Å². The lowest BCUT2D eigenvalue weighted by atomic mass is 10.0. The highest BCUT2D eigenvalue weighted by Crippen LogP contribution is 2.36. The van der Waals surface area contributed by atoms with Gasteiger partial charge in [-0.05, 0) is 48.2 Å². The number of pyridine rings is 1. The van der Waals surface area contributed by atoms with Crippen molar-refractivity contribution in [3.8, 4) is 5.75 Å². The molecule has 32 heavy (non-hydrogen) atoms. The number of rotatable bonds is 6. The summed E-state index contributed by atoms with van der Waals surface area (Å²) in [5, 5.41) is 7.55. The van der Waals surface area contributed by atoms with Crippen LogP contribution in [0.1, 0.15) is 5.56 Å². The van der Waals surface area contributed by atoms with Crippen LogP contribution in [0.25, 0.3) is 32.6 Å². The van der Waals surface area contributed by atoms with Crippen LogP contribution in [-0.2, 0) is 16.6 Å². The predicted molar refractivity (Wildman–Crippen MR) is 126 cm³/mol. The maximum absolute atomic E-state index is 12.2. The third kappa shape index (κ3) is 3.89. The minimum Gasteiger partial charge on any atom is -0.484 e.